The molecular weight excluding hydrogens is 708 g/mol. The number of aromatic nitrogens is 4. The SMILES string of the molecule is Cc1nc2cccc(F)c2nc1O[C@@H]1C[C@H]2C(=O)N[C@]3(C(=O)NS(=O)(=O)C4(C)CC4)C[C@H]3/C=C\CCCCC[C@H](NC(=O)c3cnccn3)C(=O)N2C1. The first-order chi connectivity index (χ1) is 25.3. The van der Waals surface area contributed by atoms with Gasteiger partial charge in [-0.25, -0.2) is 27.8 Å². The summed E-state index contributed by atoms with van der Waals surface area (Å²) < 4.78 is 48.3. The number of sulfonamides is 1. The zero-order valence-electron chi connectivity index (χ0n) is 29.4. The highest BCUT2D eigenvalue weighted by atomic mass is 32.2. The number of carbonyl (C=O) groups excluding carboxylic acids is 4. The Bertz CT molecular complexity index is 2100. The van der Waals surface area contributed by atoms with Gasteiger partial charge in [-0.05, 0) is 64.5 Å². The van der Waals surface area contributed by atoms with Crippen LogP contribution in [-0.4, -0.2) is 91.9 Å². The molecule has 0 unspecified atom stereocenters. The van der Waals surface area contributed by atoms with Gasteiger partial charge in [0.2, 0.25) is 27.7 Å². The Kier molecular flexibility index (Phi) is 9.63. The number of benzene rings is 1. The molecule has 2 saturated carbocycles. The lowest BCUT2D eigenvalue weighted by atomic mass is 10.0. The molecule has 4 heterocycles. The molecule has 2 aliphatic heterocycles. The number of hydrogen-bond acceptors (Lipinski definition) is 11. The maximum absolute atomic E-state index is 14.7. The van der Waals surface area contributed by atoms with Crippen LogP contribution in [0.15, 0.2) is 48.9 Å². The maximum Gasteiger partial charge on any atom is 0.272 e. The van der Waals surface area contributed by atoms with Crippen LogP contribution >= 0.6 is 0 Å². The molecule has 1 aromatic carbocycles. The Balaban J connectivity index is 1.20. The van der Waals surface area contributed by atoms with E-state index in [-0.39, 0.29) is 42.9 Å². The molecule has 3 fully saturated rings. The van der Waals surface area contributed by atoms with Crippen molar-refractivity contribution >= 4 is 44.7 Å². The van der Waals surface area contributed by atoms with E-state index in [9.17, 15) is 32.0 Å². The molecule has 3 N–H and O–H groups in total. The number of amides is 4. The predicted molar refractivity (Wildman–Crippen MR) is 188 cm³/mol. The molecule has 0 radical (unpaired) electrons. The van der Waals surface area contributed by atoms with Gasteiger partial charge >= 0.3 is 0 Å². The van der Waals surface area contributed by atoms with Crippen molar-refractivity contribution in [2.75, 3.05) is 6.54 Å². The lowest BCUT2D eigenvalue weighted by Gasteiger charge is -2.30. The van der Waals surface area contributed by atoms with Crippen LogP contribution in [0.4, 0.5) is 4.39 Å². The summed E-state index contributed by atoms with van der Waals surface area (Å²) in [7, 11) is -4.01. The molecule has 0 spiro atoms. The van der Waals surface area contributed by atoms with E-state index in [0.717, 1.165) is 12.8 Å². The average Bonchev–Trinajstić information content (AvgIpc) is 4.01. The fourth-order valence-corrected chi connectivity index (χ4v) is 8.29. The average molecular weight is 749 g/mol. The normalized spacial score (nSPS) is 27.6. The first kappa shape index (κ1) is 36.3. The standard InChI is InChI=1S/C36H41FN8O7S/c1-21-32(42-29-24(37)10-8-12-25(29)40-21)52-23-17-28-31(47)43-36(34(49)44-53(50,51)35(2)13-14-35)18-22(36)9-6-4-3-5-7-11-26(33(48)45(28)20-23)41-30(46)27-19-38-15-16-39-27/h6,8-10,12,15-16,19,22-23,26,28H,3-5,7,11,13-14,17-18,20H2,1-2H3,(H,41,46)(H,43,47)(H,44,49)/b9-6-/t22-,23-,26+,28+,36-/m1/s1. The maximum atomic E-state index is 14.7. The Morgan fingerprint density at radius 1 is 1.11 bits per heavy atom. The number of aryl methyl sites for hydroxylation is 1. The van der Waals surface area contributed by atoms with E-state index in [1.54, 1.807) is 19.9 Å². The van der Waals surface area contributed by atoms with Gasteiger partial charge in [0.1, 0.15) is 40.6 Å². The number of rotatable bonds is 7. The summed E-state index contributed by atoms with van der Waals surface area (Å²) in [4.78, 5) is 73.9. The second-order valence-corrected chi connectivity index (χ2v) is 16.7. The summed E-state index contributed by atoms with van der Waals surface area (Å²) >= 11 is 0. The van der Waals surface area contributed by atoms with Crippen LogP contribution in [0, 0.1) is 18.7 Å². The van der Waals surface area contributed by atoms with Crippen LogP contribution in [0.3, 0.4) is 0 Å². The molecule has 280 valence electrons. The lowest BCUT2D eigenvalue weighted by molar-refractivity contribution is -0.141. The summed E-state index contributed by atoms with van der Waals surface area (Å²) in [6.45, 7) is 3.10. The van der Waals surface area contributed by atoms with Crippen molar-refractivity contribution in [3.05, 3.63) is 66.1 Å². The highest BCUT2D eigenvalue weighted by molar-refractivity contribution is 7.91. The first-order valence-corrected chi connectivity index (χ1v) is 19.3. The van der Waals surface area contributed by atoms with Crippen molar-refractivity contribution in [3.63, 3.8) is 0 Å². The Morgan fingerprint density at radius 3 is 2.68 bits per heavy atom. The van der Waals surface area contributed by atoms with E-state index in [0.29, 0.717) is 36.9 Å². The number of nitrogens with one attached hydrogen (secondary N) is 3. The second kappa shape index (κ2) is 14.1. The van der Waals surface area contributed by atoms with Gasteiger partial charge in [0.15, 0.2) is 5.82 Å². The van der Waals surface area contributed by atoms with Crippen molar-refractivity contribution in [1.29, 1.82) is 0 Å². The molecule has 4 aliphatic rings. The number of ether oxygens (including phenoxy) is 1. The van der Waals surface area contributed by atoms with Crippen molar-refractivity contribution in [2.24, 2.45) is 5.92 Å². The smallest absolute Gasteiger partial charge is 0.272 e. The monoisotopic (exact) mass is 748 g/mol. The quantitative estimate of drug-likeness (QED) is 0.300. The van der Waals surface area contributed by atoms with Crippen molar-refractivity contribution < 1.29 is 36.7 Å². The lowest BCUT2D eigenvalue weighted by Crippen LogP contribution is -2.58. The minimum atomic E-state index is -4.01. The number of allylic oxidation sites excluding steroid dienone is 1. The molecular formula is C36H41FN8O7S. The molecule has 3 aromatic rings. The van der Waals surface area contributed by atoms with E-state index >= 15 is 0 Å². The fraction of sp³-hybridized carbons (Fsp3) is 0.500. The van der Waals surface area contributed by atoms with Crippen molar-refractivity contribution in [2.45, 2.75) is 100 Å². The van der Waals surface area contributed by atoms with Gasteiger partial charge < -0.3 is 20.3 Å². The summed E-state index contributed by atoms with van der Waals surface area (Å²) in [5.74, 6) is -3.73. The molecule has 1 saturated heterocycles. The van der Waals surface area contributed by atoms with Gasteiger partial charge in [-0.1, -0.05) is 31.1 Å². The number of halogens is 1. The van der Waals surface area contributed by atoms with Crippen LogP contribution in [0.1, 0.15) is 80.9 Å². The van der Waals surface area contributed by atoms with Gasteiger partial charge in [0, 0.05) is 24.7 Å². The van der Waals surface area contributed by atoms with E-state index in [1.807, 2.05) is 12.2 Å². The predicted octanol–water partition coefficient (Wildman–Crippen LogP) is 2.41. The number of para-hydroxylation sites is 1. The fourth-order valence-electron chi connectivity index (χ4n) is 6.98. The van der Waals surface area contributed by atoms with E-state index < -0.39 is 73.9 Å². The Hall–Kier alpha value is -5.06. The van der Waals surface area contributed by atoms with E-state index in [4.69, 9.17) is 4.74 Å². The molecule has 0 bridgehead atoms. The van der Waals surface area contributed by atoms with Crippen LogP contribution in [0.5, 0.6) is 5.88 Å². The summed E-state index contributed by atoms with van der Waals surface area (Å²) in [5.41, 5.74) is -0.848. The third-order valence-corrected chi connectivity index (χ3v) is 12.8. The van der Waals surface area contributed by atoms with Gasteiger partial charge in [-0.3, -0.25) is 28.9 Å². The largest absolute Gasteiger partial charge is 0.471 e. The molecule has 7 rings (SSSR count). The molecule has 2 aromatic heterocycles. The minimum Gasteiger partial charge on any atom is -0.471 e. The van der Waals surface area contributed by atoms with Gasteiger partial charge in [0.25, 0.3) is 11.8 Å². The zero-order valence-corrected chi connectivity index (χ0v) is 30.2. The van der Waals surface area contributed by atoms with Crippen LogP contribution in [-0.2, 0) is 24.4 Å². The third-order valence-electron chi connectivity index (χ3n) is 10.6. The topological polar surface area (TPSA) is 203 Å². The highest BCUT2D eigenvalue weighted by Crippen LogP contribution is 2.47. The summed E-state index contributed by atoms with van der Waals surface area (Å²) in [6.07, 6.45) is 11.0. The van der Waals surface area contributed by atoms with Crippen molar-refractivity contribution in [1.82, 2.24) is 40.2 Å². The summed E-state index contributed by atoms with van der Waals surface area (Å²) in [5, 5.41) is 5.61. The van der Waals surface area contributed by atoms with Gasteiger partial charge in [-0.15, -0.1) is 0 Å². The molecule has 2 aliphatic carbocycles. The van der Waals surface area contributed by atoms with Crippen LogP contribution in [0.25, 0.3) is 11.0 Å². The molecule has 17 heteroatoms. The minimum absolute atomic E-state index is 0.00246. The van der Waals surface area contributed by atoms with Crippen LogP contribution in [0.2, 0.25) is 0 Å². The number of carbonyl (C=O) groups is 4. The number of fused-ring (bicyclic) bond motifs is 3. The molecule has 15 nitrogen and oxygen atoms in total. The zero-order chi connectivity index (χ0) is 37.5. The van der Waals surface area contributed by atoms with Crippen LogP contribution < -0.4 is 20.1 Å². The Labute approximate surface area is 305 Å². The third kappa shape index (κ3) is 7.30. The molecule has 5 atom stereocenters. The Morgan fingerprint density at radius 2 is 1.92 bits per heavy atom. The van der Waals surface area contributed by atoms with E-state index in [1.165, 1.54) is 35.6 Å². The van der Waals surface area contributed by atoms with Gasteiger partial charge in [0.05, 0.1) is 23.0 Å². The number of hydrogen-bond donors (Lipinski definition) is 3. The highest BCUT2D eigenvalue weighted by Gasteiger charge is 2.63. The summed E-state index contributed by atoms with van der Waals surface area (Å²) in [6, 6.07) is 2.16. The van der Waals surface area contributed by atoms with Crippen molar-refractivity contribution in [3.8, 4) is 5.88 Å². The molecule has 4 amide bonds. The first-order valence-electron chi connectivity index (χ1n) is 17.8. The van der Waals surface area contributed by atoms with Gasteiger partial charge in [-0.2, -0.15) is 0 Å². The second-order valence-electron chi connectivity index (χ2n) is 14.5. The van der Waals surface area contributed by atoms with E-state index in [2.05, 4.69) is 35.3 Å². The molecule has 53 heavy (non-hydrogen) atoms. The number of nitrogens with zero attached hydrogens (tertiary/aromatic N) is 5.